The zero-order chi connectivity index (χ0) is 22.1. The molecule has 0 aromatic rings. The molecule has 0 fully saturated rings. The minimum Gasteiger partial charge on any atom is -0.345 e. The summed E-state index contributed by atoms with van der Waals surface area (Å²) in [6.45, 7) is 17.8. The summed E-state index contributed by atoms with van der Waals surface area (Å²) in [6, 6.07) is 0. The van der Waals surface area contributed by atoms with Crippen LogP contribution in [0.1, 0.15) is 55.4 Å². The molecule has 4 nitrogen and oxygen atoms in total. The molecule has 0 aromatic heterocycles. The first kappa shape index (κ1) is 24.4. The quantitative estimate of drug-likeness (QED) is 0.587. The smallest absolute Gasteiger partial charge is 0.254 e. The molecule has 5 heteroatoms. The van der Waals surface area contributed by atoms with Crippen molar-refractivity contribution in [1.29, 1.82) is 0 Å². The fourth-order valence-corrected chi connectivity index (χ4v) is 10.8. The van der Waals surface area contributed by atoms with Crippen LogP contribution in [0, 0.1) is 0 Å². The number of carbonyl (C=O) groups excluding carboxylic acids is 2. The van der Waals surface area contributed by atoms with E-state index < -0.39 is 8.07 Å². The summed E-state index contributed by atoms with van der Waals surface area (Å²) in [6.07, 6.45) is 0. The van der Waals surface area contributed by atoms with Crippen molar-refractivity contribution in [2.75, 3.05) is 28.2 Å². The SMILES string of the molecule is CC1=C(C(=O)N(C)C)/C(=C/[Si](C(C)C)(C(C)C)C(C)C)C(C)=C1C(=O)N(C)C. The number of rotatable bonds is 6. The molecule has 0 spiro atoms. The van der Waals surface area contributed by atoms with E-state index in [-0.39, 0.29) is 11.8 Å². The number of allylic oxidation sites excluding steroid dienone is 1. The van der Waals surface area contributed by atoms with Crippen molar-refractivity contribution in [2.24, 2.45) is 0 Å². The lowest BCUT2D eigenvalue weighted by molar-refractivity contribution is -0.124. The maximum Gasteiger partial charge on any atom is 0.254 e. The van der Waals surface area contributed by atoms with Crippen LogP contribution in [0.15, 0.2) is 33.6 Å². The zero-order valence-electron chi connectivity index (χ0n) is 20.0. The molecule has 0 N–H and O–H groups in total. The standard InChI is InChI=1S/C23H40N2O2Si/c1-14(2)28(15(3)4,16(5)6)13-19-17(7)20(22(26)24(9)10)18(8)21(19)23(27)25(11)12/h13-16H,1-12H3/b19-13+. The second kappa shape index (κ2) is 8.81. The fraction of sp³-hybridized carbons (Fsp3) is 0.652. The highest BCUT2D eigenvalue weighted by Gasteiger charge is 2.43. The Morgan fingerprint density at radius 1 is 0.714 bits per heavy atom. The summed E-state index contributed by atoms with van der Waals surface area (Å²) >= 11 is 0. The van der Waals surface area contributed by atoms with Gasteiger partial charge in [0.25, 0.3) is 11.8 Å². The van der Waals surface area contributed by atoms with Crippen molar-refractivity contribution < 1.29 is 9.59 Å². The summed E-state index contributed by atoms with van der Waals surface area (Å²) in [5.41, 5.74) is 8.18. The molecule has 0 atom stereocenters. The van der Waals surface area contributed by atoms with Gasteiger partial charge in [-0.2, -0.15) is 0 Å². The van der Waals surface area contributed by atoms with Crippen LogP contribution >= 0.6 is 0 Å². The first-order valence-electron chi connectivity index (χ1n) is 10.3. The number of amides is 2. The van der Waals surface area contributed by atoms with Gasteiger partial charge in [0.05, 0.1) is 13.6 Å². The Balaban J connectivity index is 3.92. The topological polar surface area (TPSA) is 40.6 Å². The third-order valence-electron chi connectivity index (χ3n) is 6.43. The minimum atomic E-state index is -1.90. The number of hydrogen-bond donors (Lipinski definition) is 0. The predicted octanol–water partition coefficient (Wildman–Crippen LogP) is 4.95. The van der Waals surface area contributed by atoms with E-state index in [0.717, 1.165) is 16.7 Å². The van der Waals surface area contributed by atoms with Crippen molar-refractivity contribution in [3.05, 3.63) is 33.6 Å². The molecule has 0 heterocycles. The van der Waals surface area contributed by atoms with Crippen molar-refractivity contribution >= 4 is 19.9 Å². The summed E-state index contributed by atoms with van der Waals surface area (Å²) in [4.78, 5) is 29.3. The van der Waals surface area contributed by atoms with Gasteiger partial charge < -0.3 is 9.80 Å². The van der Waals surface area contributed by atoms with E-state index in [0.29, 0.717) is 27.8 Å². The molecule has 0 bridgehead atoms. The van der Waals surface area contributed by atoms with Gasteiger partial charge in [0.15, 0.2) is 0 Å². The van der Waals surface area contributed by atoms with Gasteiger partial charge in [-0.05, 0) is 47.2 Å². The van der Waals surface area contributed by atoms with Crippen LogP contribution in [0.4, 0.5) is 0 Å². The van der Waals surface area contributed by atoms with Crippen LogP contribution in [-0.2, 0) is 9.59 Å². The minimum absolute atomic E-state index is 0.0242. The van der Waals surface area contributed by atoms with Crippen LogP contribution in [0.3, 0.4) is 0 Å². The molecule has 1 rings (SSSR count). The predicted molar refractivity (Wildman–Crippen MR) is 122 cm³/mol. The highest BCUT2D eigenvalue weighted by Crippen LogP contribution is 2.47. The van der Waals surface area contributed by atoms with E-state index in [1.807, 2.05) is 13.8 Å². The Kier molecular flexibility index (Phi) is 7.68. The van der Waals surface area contributed by atoms with E-state index >= 15 is 0 Å². The third kappa shape index (κ3) is 4.05. The molecule has 0 saturated carbocycles. The van der Waals surface area contributed by atoms with Crippen molar-refractivity contribution in [3.8, 4) is 0 Å². The molecule has 158 valence electrons. The third-order valence-corrected chi connectivity index (χ3v) is 13.2. The van der Waals surface area contributed by atoms with E-state index in [4.69, 9.17) is 0 Å². The van der Waals surface area contributed by atoms with Crippen LogP contribution in [0.5, 0.6) is 0 Å². The molecule has 0 saturated heterocycles. The summed E-state index contributed by atoms with van der Waals surface area (Å²) in [5, 5.41) is 0. The number of carbonyl (C=O) groups is 2. The van der Waals surface area contributed by atoms with E-state index in [1.165, 1.54) is 0 Å². The van der Waals surface area contributed by atoms with Crippen LogP contribution in [0.2, 0.25) is 16.6 Å². The van der Waals surface area contributed by atoms with E-state index in [2.05, 4.69) is 47.2 Å². The lowest BCUT2D eigenvalue weighted by Crippen LogP contribution is -2.43. The first-order valence-corrected chi connectivity index (χ1v) is 12.6. The molecule has 2 amide bonds. The molecule has 0 radical (unpaired) electrons. The lowest BCUT2D eigenvalue weighted by atomic mass is 10.0. The number of likely N-dealkylation sites (N-methyl/N-ethyl adjacent to an activating group) is 2. The lowest BCUT2D eigenvalue weighted by Gasteiger charge is -2.41. The van der Waals surface area contributed by atoms with Gasteiger partial charge in [0, 0.05) is 33.8 Å². The Morgan fingerprint density at radius 3 is 1.39 bits per heavy atom. The first-order chi connectivity index (χ1) is 12.7. The molecular weight excluding hydrogens is 364 g/mol. The second-order valence-electron chi connectivity index (χ2n) is 9.42. The second-order valence-corrected chi connectivity index (χ2v) is 15.2. The van der Waals surface area contributed by atoms with Crippen LogP contribution in [-0.4, -0.2) is 57.9 Å². The number of nitrogens with zero attached hydrogens (tertiary/aromatic N) is 2. The molecule has 1 aliphatic carbocycles. The Labute approximate surface area is 173 Å². The average molecular weight is 405 g/mol. The largest absolute Gasteiger partial charge is 0.345 e. The molecule has 28 heavy (non-hydrogen) atoms. The monoisotopic (exact) mass is 404 g/mol. The van der Waals surface area contributed by atoms with Gasteiger partial charge in [-0.25, -0.2) is 0 Å². The Morgan fingerprint density at radius 2 is 1.07 bits per heavy atom. The van der Waals surface area contributed by atoms with Gasteiger partial charge in [-0.3, -0.25) is 9.59 Å². The Bertz CT molecular complexity index is 716. The Hall–Kier alpha value is -1.62. The van der Waals surface area contributed by atoms with Gasteiger partial charge >= 0.3 is 0 Å². The summed E-state index contributed by atoms with van der Waals surface area (Å²) in [7, 11) is 5.18. The van der Waals surface area contributed by atoms with E-state index in [1.54, 1.807) is 38.0 Å². The normalized spacial score (nSPS) is 16.9. The van der Waals surface area contributed by atoms with Crippen LogP contribution in [0.25, 0.3) is 0 Å². The van der Waals surface area contributed by atoms with Crippen molar-refractivity contribution in [2.45, 2.75) is 72.0 Å². The van der Waals surface area contributed by atoms with Crippen molar-refractivity contribution in [3.63, 3.8) is 0 Å². The zero-order valence-corrected chi connectivity index (χ0v) is 21.0. The number of hydrogen-bond acceptors (Lipinski definition) is 2. The van der Waals surface area contributed by atoms with Crippen molar-refractivity contribution in [1.82, 2.24) is 9.80 Å². The molecule has 0 aromatic carbocycles. The summed E-state index contributed by atoms with van der Waals surface area (Å²) < 4.78 is 0. The molecule has 0 aliphatic heterocycles. The van der Waals surface area contributed by atoms with Gasteiger partial charge in [-0.1, -0.05) is 47.2 Å². The average Bonchev–Trinajstić information content (AvgIpc) is 2.79. The van der Waals surface area contributed by atoms with Crippen LogP contribution < -0.4 is 0 Å². The van der Waals surface area contributed by atoms with Gasteiger partial charge in [0.2, 0.25) is 0 Å². The van der Waals surface area contributed by atoms with E-state index in [9.17, 15) is 9.59 Å². The van der Waals surface area contributed by atoms with Gasteiger partial charge in [0.1, 0.15) is 0 Å². The highest BCUT2D eigenvalue weighted by atomic mass is 28.3. The summed E-state index contributed by atoms with van der Waals surface area (Å²) in [5.74, 6) is -0.0582. The fourth-order valence-electron chi connectivity index (χ4n) is 4.90. The molecular formula is C23H40N2O2Si. The molecule has 1 aliphatic rings. The highest BCUT2D eigenvalue weighted by molar-refractivity contribution is 6.88. The maximum atomic E-state index is 13.1. The maximum absolute atomic E-state index is 13.1. The molecule has 0 unspecified atom stereocenters. The van der Waals surface area contributed by atoms with Gasteiger partial charge in [-0.15, -0.1) is 0 Å².